The van der Waals surface area contributed by atoms with Crippen molar-refractivity contribution in [2.45, 2.75) is 12.8 Å². The molecule has 2 N–H and O–H groups in total. The van der Waals surface area contributed by atoms with Crippen LogP contribution in [0.3, 0.4) is 0 Å². The number of aryl methyl sites for hydroxylation is 1. The van der Waals surface area contributed by atoms with Crippen LogP contribution in [0.5, 0.6) is 0 Å². The van der Waals surface area contributed by atoms with Crippen molar-refractivity contribution in [3.05, 3.63) is 28.4 Å². The smallest absolute Gasteiger partial charge is 0.256 e. The Morgan fingerprint density at radius 1 is 1.75 bits per heavy atom. The van der Waals surface area contributed by atoms with Gasteiger partial charge in [0, 0.05) is 24.7 Å². The Bertz CT molecular complexity index is 318. The van der Waals surface area contributed by atoms with Gasteiger partial charge in [-0.05, 0) is 6.54 Å². The first kappa shape index (κ1) is 8.93. The SMILES string of the molecule is CC(CN)c1cncn(C)c1=O. The van der Waals surface area contributed by atoms with Gasteiger partial charge in [0.2, 0.25) is 0 Å². The monoisotopic (exact) mass is 167 g/mol. The predicted molar refractivity (Wildman–Crippen MR) is 46.9 cm³/mol. The topological polar surface area (TPSA) is 60.9 Å². The molecule has 1 heterocycles. The molecule has 0 aromatic carbocycles. The molecule has 1 rings (SSSR count). The molecule has 0 aliphatic heterocycles. The molecule has 0 bridgehead atoms. The third kappa shape index (κ3) is 1.53. The second-order valence-electron chi connectivity index (χ2n) is 2.90. The summed E-state index contributed by atoms with van der Waals surface area (Å²) in [5.41, 5.74) is 6.12. The van der Waals surface area contributed by atoms with E-state index in [1.165, 1.54) is 10.9 Å². The molecule has 1 aromatic rings. The highest BCUT2D eigenvalue weighted by Crippen LogP contribution is 2.05. The Morgan fingerprint density at radius 3 is 3.00 bits per heavy atom. The van der Waals surface area contributed by atoms with Crippen LogP contribution in [0.4, 0.5) is 0 Å². The van der Waals surface area contributed by atoms with Gasteiger partial charge < -0.3 is 10.3 Å². The molecule has 12 heavy (non-hydrogen) atoms. The lowest BCUT2D eigenvalue weighted by atomic mass is 10.1. The first-order valence-electron chi connectivity index (χ1n) is 3.87. The molecule has 1 aromatic heterocycles. The molecule has 0 radical (unpaired) electrons. The number of rotatable bonds is 2. The molecule has 4 heteroatoms. The molecule has 0 aliphatic rings. The Morgan fingerprint density at radius 2 is 2.42 bits per heavy atom. The average molecular weight is 167 g/mol. The number of nitrogens with two attached hydrogens (primary N) is 1. The van der Waals surface area contributed by atoms with Crippen molar-refractivity contribution in [2.24, 2.45) is 12.8 Å². The van der Waals surface area contributed by atoms with Crippen LogP contribution in [-0.4, -0.2) is 16.1 Å². The molecule has 1 unspecified atom stereocenters. The summed E-state index contributed by atoms with van der Waals surface area (Å²) in [6.07, 6.45) is 3.08. The van der Waals surface area contributed by atoms with Crippen molar-refractivity contribution >= 4 is 0 Å². The average Bonchev–Trinajstić information content (AvgIpc) is 2.08. The molecule has 0 amide bonds. The van der Waals surface area contributed by atoms with Crippen molar-refractivity contribution in [2.75, 3.05) is 6.54 Å². The molecular weight excluding hydrogens is 154 g/mol. The lowest BCUT2D eigenvalue weighted by Crippen LogP contribution is -2.25. The van der Waals surface area contributed by atoms with Crippen LogP contribution in [0.15, 0.2) is 17.3 Å². The maximum atomic E-state index is 11.4. The van der Waals surface area contributed by atoms with E-state index >= 15 is 0 Å². The Kier molecular flexibility index (Phi) is 2.60. The largest absolute Gasteiger partial charge is 0.330 e. The number of hydrogen-bond acceptors (Lipinski definition) is 3. The normalized spacial score (nSPS) is 12.9. The lowest BCUT2D eigenvalue weighted by Gasteiger charge is -2.07. The van der Waals surface area contributed by atoms with Crippen molar-refractivity contribution in [1.29, 1.82) is 0 Å². The van der Waals surface area contributed by atoms with Crippen LogP contribution in [-0.2, 0) is 7.05 Å². The fraction of sp³-hybridized carbons (Fsp3) is 0.500. The zero-order chi connectivity index (χ0) is 9.14. The molecule has 0 spiro atoms. The summed E-state index contributed by atoms with van der Waals surface area (Å²) < 4.78 is 1.46. The highest BCUT2D eigenvalue weighted by atomic mass is 16.1. The van der Waals surface area contributed by atoms with E-state index < -0.39 is 0 Å². The summed E-state index contributed by atoms with van der Waals surface area (Å²) in [5, 5.41) is 0. The van der Waals surface area contributed by atoms with E-state index in [0.717, 1.165) is 0 Å². The molecule has 0 saturated heterocycles. The number of aromatic nitrogens is 2. The van der Waals surface area contributed by atoms with Gasteiger partial charge in [-0.25, -0.2) is 4.98 Å². The van der Waals surface area contributed by atoms with Crippen molar-refractivity contribution in [1.82, 2.24) is 9.55 Å². The number of nitrogens with zero attached hydrogens (tertiary/aromatic N) is 2. The van der Waals surface area contributed by atoms with E-state index in [2.05, 4.69) is 4.98 Å². The summed E-state index contributed by atoms with van der Waals surface area (Å²) >= 11 is 0. The highest BCUT2D eigenvalue weighted by Gasteiger charge is 2.08. The van der Waals surface area contributed by atoms with Gasteiger partial charge >= 0.3 is 0 Å². The maximum Gasteiger partial charge on any atom is 0.256 e. The molecule has 0 aliphatic carbocycles. The van der Waals surface area contributed by atoms with Crippen molar-refractivity contribution < 1.29 is 0 Å². The minimum Gasteiger partial charge on any atom is -0.330 e. The molecule has 4 nitrogen and oxygen atoms in total. The third-order valence-corrected chi connectivity index (χ3v) is 1.91. The predicted octanol–water partition coefficient (Wildman–Crippen LogP) is -0.158. The third-order valence-electron chi connectivity index (χ3n) is 1.91. The highest BCUT2D eigenvalue weighted by molar-refractivity contribution is 5.10. The van der Waals surface area contributed by atoms with Crippen LogP contribution in [0, 0.1) is 0 Å². The van der Waals surface area contributed by atoms with Crippen LogP contribution in [0.25, 0.3) is 0 Å². The fourth-order valence-corrected chi connectivity index (χ4v) is 0.990. The fourth-order valence-electron chi connectivity index (χ4n) is 0.990. The summed E-state index contributed by atoms with van der Waals surface area (Å²) in [6.45, 7) is 2.39. The summed E-state index contributed by atoms with van der Waals surface area (Å²) in [4.78, 5) is 15.4. The van der Waals surface area contributed by atoms with Gasteiger partial charge in [0.1, 0.15) is 0 Å². The van der Waals surface area contributed by atoms with Gasteiger partial charge in [0.25, 0.3) is 5.56 Å². The molecule has 66 valence electrons. The molecular formula is C8H13N3O. The first-order chi connectivity index (χ1) is 5.66. The Balaban J connectivity index is 3.17. The maximum absolute atomic E-state index is 11.4. The zero-order valence-electron chi connectivity index (χ0n) is 7.32. The Hall–Kier alpha value is -1.16. The van der Waals surface area contributed by atoms with Gasteiger partial charge in [-0.2, -0.15) is 0 Å². The molecule has 0 saturated carbocycles. The van der Waals surface area contributed by atoms with Crippen LogP contribution < -0.4 is 11.3 Å². The summed E-state index contributed by atoms with van der Waals surface area (Å²) in [7, 11) is 1.68. The minimum absolute atomic E-state index is 0.0112. The standard InChI is InChI=1S/C8H13N3O/c1-6(3-9)7-4-10-5-11(2)8(7)12/h4-6H,3,9H2,1-2H3. The van der Waals surface area contributed by atoms with E-state index in [9.17, 15) is 4.79 Å². The van der Waals surface area contributed by atoms with Gasteiger partial charge in [-0.3, -0.25) is 4.79 Å². The van der Waals surface area contributed by atoms with Crippen molar-refractivity contribution in [3.8, 4) is 0 Å². The van der Waals surface area contributed by atoms with Crippen LogP contribution in [0.1, 0.15) is 18.4 Å². The van der Waals surface area contributed by atoms with E-state index in [4.69, 9.17) is 5.73 Å². The van der Waals surface area contributed by atoms with Crippen LogP contribution >= 0.6 is 0 Å². The molecule has 1 atom stereocenters. The van der Waals surface area contributed by atoms with Gasteiger partial charge in [0.15, 0.2) is 0 Å². The van der Waals surface area contributed by atoms with Crippen LogP contribution in [0.2, 0.25) is 0 Å². The lowest BCUT2D eigenvalue weighted by molar-refractivity contribution is 0.716. The summed E-state index contributed by atoms with van der Waals surface area (Å²) in [6, 6.07) is 0. The number of hydrogen-bond donors (Lipinski definition) is 1. The van der Waals surface area contributed by atoms with Crippen molar-refractivity contribution in [3.63, 3.8) is 0 Å². The second kappa shape index (κ2) is 3.49. The van der Waals surface area contributed by atoms with Gasteiger partial charge in [-0.15, -0.1) is 0 Å². The quantitative estimate of drug-likeness (QED) is 0.666. The van der Waals surface area contributed by atoms with E-state index in [0.29, 0.717) is 12.1 Å². The van der Waals surface area contributed by atoms with Gasteiger partial charge in [-0.1, -0.05) is 6.92 Å². The first-order valence-corrected chi connectivity index (χ1v) is 3.87. The zero-order valence-corrected chi connectivity index (χ0v) is 7.32. The molecule has 0 fully saturated rings. The van der Waals surface area contributed by atoms with E-state index in [1.54, 1.807) is 13.2 Å². The minimum atomic E-state index is -0.0112. The van der Waals surface area contributed by atoms with Gasteiger partial charge in [0.05, 0.1) is 6.33 Å². The summed E-state index contributed by atoms with van der Waals surface area (Å²) in [5.74, 6) is 0.0809. The Labute approximate surface area is 71.0 Å². The van der Waals surface area contributed by atoms with E-state index in [-0.39, 0.29) is 11.5 Å². The second-order valence-corrected chi connectivity index (χ2v) is 2.90. The van der Waals surface area contributed by atoms with E-state index in [1.807, 2.05) is 6.92 Å².